The number of aryl methyl sites for hydroxylation is 1. The van der Waals surface area contributed by atoms with Crippen molar-refractivity contribution in [2.24, 2.45) is 0 Å². The number of rotatable bonds is 3. The van der Waals surface area contributed by atoms with Gasteiger partial charge in [-0.3, -0.25) is 4.90 Å². The SMILES string of the molecule is Cc1cc2oc(=O)cc(CN3CCC(c4nc5ccccc5s4)CC3)c2cc1Cl. The van der Waals surface area contributed by atoms with Crippen molar-refractivity contribution in [1.82, 2.24) is 9.88 Å². The Morgan fingerprint density at radius 2 is 2.00 bits per heavy atom. The van der Waals surface area contributed by atoms with Crippen LogP contribution in [0.2, 0.25) is 5.02 Å². The molecule has 1 fully saturated rings. The van der Waals surface area contributed by atoms with E-state index in [4.69, 9.17) is 21.0 Å². The first-order valence-electron chi connectivity index (χ1n) is 9.87. The van der Waals surface area contributed by atoms with E-state index in [9.17, 15) is 4.79 Å². The molecule has 0 saturated carbocycles. The zero-order chi connectivity index (χ0) is 20.0. The second-order valence-corrected chi connectivity index (χ2v) is 9.23. The average molecular weight is 425 g/mol. The Balaban J connectivity index is 1.34. The van der Waals surface area contributed by atoms with Gasteiger partial charge in [-0.15, -0.1) is 11.3 Å². The molecule has 1 aliphatic rings. The van der Waals surface area contributed by atoms with Gasteiger partial charge in [0.05, 0.1) is 15.2 Å². The van der Waals surface area contributed by atoms with Crippen molar-refractivity contribution in [3.63, 3.8) is 0 Å². The molecule has 0 radical (unpaired) electrons. The maximum absolute atomic E-state index is 12.0. The lowest BCUT2D eigenvalue weighted by atomic mass is 9.97. The summed E-state index contributed by atoms with van der Waals surface area (Å²) >= 11 is 8.14. The topological polar surface area (TPSA) is 46.3 Å². The predicted octanol–water partition coefficient (Wildman–Crippen LogP) is 5.74. The van der Waals surface area contributed by atoms with Gasteiger partial charge in [-0.25, -0.2) is 9.78 Å². The Morgan fingerprint density at radius 3 is 2.79 bits per heavy atom. The van der Waals surface area contributed by atoms with E-state index in [0.717, 1.165) is 54.5 Å². The van der Waals surface area contributed by atoms with Crippen molar-refractivity contribution in [2.45, 2.75) is 32.2 Å². The van der Waals surface area contributed by atoms with Crippen LogP contribution in [0, 0.1) is 6.92 Å². The quantitative estimate of drug-likeness (QED) is 0.393. The standard InChI is InChI=1S/C23H21ClN2O2S/c1-14-10-20-17(12-18(14)24)16(11-22(27)28-20)13-26-8-6-15(7-9-26)23-25-19-4-2-3-5-21(19)29-23/h2-5,10-12,15H,6-9,13H2,1H3. The lowest BCUT2D eigenvalue weighted by Gasteiger charge is -2.31. The molecule has 0 N–H and O–H groups in total. The van der Waals surface area contributed by atoms with E-state index >= 15 is 0 Å². The monoisotopic (exact) mass is 424 g/mol. The number of nitrogens with zero attached hydrogens (tertiary/aromatic N) is 2. The first kappa shape index (κ1) is 18.8. The largest absolute Gasteiger partial charge is 0.423 e. The number of hydrogen-bond donors (Lipinski definition) is 0. The highest BCUT2D eigenvalue weighted by atomic mass is 35.5. The smallest absolute Gasteiger partial charge is 0.336 e. The summed E-state index contributed by atoms with van der Waals surface area (Å²) in [5, 5.41) is 2.87. The van der Waals surface area contributed by atoms with E-state index < -0.39 is 0 Å². The molecule has 0 atom stereocenters. The number of benzene rings is 2. The van der Waals surface area contributed by atoms with E-state index in [1.54, 1.807) is 6.07 Å². The Kier molecular flexibility index (Phi) is 4.90. The number of hydrogen-bond acceptors (Lipinski definition) is 5. The van der Waals surface area contributed by atoms with Crippen molar-refractivity contribution in [3.8, 4) is 0 Å². The number of likely N-dealkylation sites (tertiary alicyclic amines) is 1. The first-order valence-corrected chi connectivity index (χ1v) is 11.1. The minimum absolute atomic E-state index is 0.307. The molecule has 29 heavy (non-hydrogen) atoms. The molecule has 6 heteroatoms. The van der Waals surface area contributed by atoms with Crippen molar-refractivity contribution in [2.75, 3.05) is 13.1 Å². The van der Waals surface area contributed by atoms with E-state index in [2.05, 4.69) is 23.1 Å². The van der Waals surface area contributed by atoms with Gasteiger partial charge < -0.3 is 4.42 Å². The van der Waals surface area contributed by atoms with Crippen LogP contribution in [0.5, 0.6) is 0 Å². The van der Waals surface area contributed by atoms with Crippen LogP contribution >= 0.6 is 22.9 Å². The van der Waals surface area contributed by atoms with Crippen LogP contribution in [-0.2, 0) is 6.54 Å². The molecule has 0 amide bonds. The van der Waals surface area contributed by atoms with Crippen LogP contribution in [0.4, 0.5) is 0 Å². The molecule has 0 spiro atoms. The molecule has 148 valence electrons. The Morgan fingerprint density at radius 1 is 1.21 bits per heavy atom. The zero-order valence-electron chi connectivity index (χ0n) is 16.2. The molecule has 5 rings (SSSR count). The summed E-state index contributed by atoms with van der Waals surface area (Å²) < 4.78 is 6.65. The van der Waals surface area contributed by atoms with Gasteiger partial charge in [0.2, 0.25) is 0 Å². The van der Waals surface area contributed by atoms with Gasteiger partial charge in [-0.2, -0.15) is 0 Å². The first-order chi connectivity index (χ1) is 14.1. The van der Waals surface area contributed by atoms with Gasteiger partial charge in [-0.1, -0.05) is 23.7 Å². The molecule has 0 aliphatic carbocycles. The number of halogens is 1. The molecular weight excluding hydrogens is 404 g/mol. The third kappa shape index (κ3) is 3.70. The fraction of sp³-hybridized carbons (Fsp3) is 0.304. The second-order valence-electron chi connectivity index (χ2n) is 7.76. The number of para-hydroxylation sites is 1. The molecular formula is C23H21ClN2O2S. The summed E-state index contributed by atoms with van der Waals surface area (Å²) in [4.78, 5) is 19.3. The van der Waals surface area contributed by atoms with E-state index in [1.807, 2.05) is 36.5 Å². The summed E-state index contributed by atoms with van der Waals surface area (Å²) in [6.07, 6.45) is 2.16. The highest BCUT2D eigenvalue weighted by molar-refractivity contribution is 7.18. The van der Waals surface area contributed by atoms with Crippen molar-refractivity contribution >= 4 is 44.1 Å². The van der Waals surface area contributed by atoms with Gasteiger partial charge >= 0.3 is 5.63 Å². The Hall–Kier alpha value is -2.21. The van der Waals surface area contributed by atoms with Gasteiger partial charge in [0.15, 0.2) is 0 Å². The molecule has 0 unspecified atom stereocenters. The lowest BCUT2D eigenvalue weighted by molar-refractivity contribution is 0.205. The number of thiazole rings is 1. The number of piperidine rings is 1. The van der Waals surface area contributed by atoms with Crippen LogP contribution in [0.25, 0.3) is 21.2 Å². The van der Waals surface area contributed by atoms with Gasteiger partial charge in [0, 0.05) is 28.9 Å². The third-order valence-electron chi connectivity index (χ3n) is 5.75. The summed E-state index contributed by atoms with van der Waals surface area (Å²) in [5.74, 6) is 0.512. The van der Waals surface area contributed by atoms with Gasteiger partial charge in [0.25, 0.3) is 0 Å². The molecule has 1 saturated heterocycles. The molecule has 2 aromatic carbocycles. The predicted molar refractivity (Wildman–Crippen MR) is 119 cm³/mol. The normalized spacial score (nSPS) is 16.1. The molecule has 0 bridgehead atoms. The molecule has 3 heterocycles. The van der Waals surface area contributed by atoms with Crippen LogP contribution in [0.3, 0.4) is 0 Å². The molecule has 4 aromatic rings. The minimum atomic E-state index is -0.307. The lowest BCUT2D eigenvalue weighted by Crippen LogP contribution is -2.32. The average Bonchev–Trinajstić information content (AvgIpc) is 3.14. The van der Waals surface area contributed by atoms with Crippen LogP contribution in [-0.4, -0.2) is 23.0 Å². The van der Waals surface area contributed by atoms with Crippen molar-refractivity contribution in [3.05, 3.63) is 74.0 Å². The van der Waals surface area contributed by atoms with Gasteiger partial charge in [-0.05, 0) is 68.2 Å². The summed E-state index contributed by atoms with van der Waals surface area (Å²) in [6.45, 7) is 4.62. The van der Waals surface area contributed by atoms with E-state index in [1.165, 1.54) is 9.71 Å². The van der Waals surface area contributed by atoms with Crippen molar-refractivity contribution in [1.29, 1.82) is 0 Å². The Bertz CT molecular complexity index is 1220. The molecule has 2 aromatic heterocycles. The van der Waals surface area contributed by atoms with Crippen LogP contribution < -0.4 is 5.63 Å². The number of fused-ring (bicyclic) bond motifs is 2. The minimum Gasteiger partial charge on any atom is -0.423 e. The fourth-order valence-corrected chi connectivity index (χ4v) is 5.42. The van der Waals surface area contributed by atoms with Gasteiger partial charge in [0.1, 0.15) is 5.58 Å². The highest BCUT2D eigenvalue weighted by Crippen LogP contribution is 2.34. The highest BCUT2D eigenvalue weighted by Gasteiger charge is 2.24. The summed E-state index contributed by atoms with van der Waals surface area (Å²) in [5.41, 5.74) is 3.30. The maximum Gasteiger partial charge on any atom is 0.336 e. The molecule has 4 nitrogen and oxygen atoms in total. The third-order valence-corrected chi connectivity index (χ3v) is 7.36. The maximum atomic E-state index is 12.0. The molecule has 1 aliphatic heterocycles. The fourth-order valence-electron chi connectivity index (χ4n) is 4.12. The van der Waals surface area contributed by atoms with Crippen LogP contribution in [0.15, 0.2) is 51.7 Å². The van der Waals surface area contributed by atoms with E-state index in [-0.39, 0.29) is 5.63 Å². The number of aromatic nitrogens is 1. The zero-order valence-corrected chi connectivity index (χ0v) is 17.7. The summed E-state index contributed by atoms with van der Waals surface area (Å²) in [7, 11) is 0. The Labute approximate surface area is 177 Å². The van der Waals surface area contributed by atoms with Crippen LogP contribution in [0.1, 0.15) is 34.9 Å². The summed E-state index contributed by atoms with van der Waals surface area (Å²) in [6, 6.07) is 13.7. The van der Waals surface area contributed by atoms with E-state index in [0.29, 0.717) is 16.5 Å². The second kappa shape index (κ2) is 7.56. The van der Waals surface area contributed by atoms with Crippen molar-refractivity contribution < 1.29 is 4.42 Å².